The van der Waals surface area contributed by atoms with Gasteiger partial charge in [-0.25, -0.2) is 8.42 Å². The predicted octanol–water partition coefficient (Wildman–Crippen LogP) is 2.81. The van der Waals surface area contributed by atoms with Crippen LogP contribution in [0.2, 0.25) is 0 Å². The third-order valence-electron chi connectivity index (χ3n) is 3.65. The van der Waals surface area contributed by atoms with Crippen molar-refractivity contribution in [3.8, 4) is 0 Å². The number of aromatic nitrogens is 1. The summed E-state index contributed by atoms with van der Waals surface area (Å²) in [4.78, 5) is 4.39. The SMILES string of the molecule is CC(O)CN(c1ccccc1)S(=O)(=O)c1cccc2ncccc12. The van der Waals surface area contributed by atoms with Crippen LogP contribution in [0.5, 0.6) is 0 Å². The van der Waals surface area contributed by atoms with Crippen molar-refractivity contribution in [3.63, 3.8) is 0 Å². The van der Waals surface area contributed by atoms with Crippen molar-refractivity contribution < 1.29 is 13.5 Å². The first-order valence-electron chi connectivity index (χ1n) is 7.60. The van der Waals surface area contributed by atoms with Gasteiger partial charge in [-0.1, -0.05) is 24.3 Å². The summed E-state index contributed by atoms with van der Waals surface area (Å²) in [5.41, 5.74) is 1.13. The average Bonchev–Trinajstić information content (AvgIpc) is 2.59. The van der Waals surface area contributed by atoms with E-state index in [0.717, 1.165) is 0 Å². The molecule has 0 bridgehead atoms. The number of aliphatic hydroxyl groups is 1. The highest BCUT2D eigenvalue weighted by Gasteiger charge is 2.27. The second kappa shape index (κ2) is 6.59. The minimum Gasteiger partial charge on any atom is -0.392 e. The van der Waals surface area contributed by atoms with Crippen LogP contribution in [0.3, 0.4) is 0 Å². The normalized spacial score (nSPS) is 12.9. The van der Waals surface area contributed by atoms with Gasteiger partial charge in [0.1, 0.15) is 0 Å². The lowest BCUT2D eigenvalue weighted by molar-refractivity contribution is 0.204. The molecular weight excluding hydrogens is 324 g/mol. The maximum absolute atomic E-state index is 13.3. The summed E-state index contributed by atoms with van der Waals surface area (Å²) in [5, 5.41) is 10.4. The Morgan fingerprint density at radius 3 is 2.50 bits per heavy atom. The summed E-state index contributed by atoms with van der Waals surface area (Å²) in [7, 11) is -3.84. The van der Waals surface area contributed by atoms with Crippen molar-refractivity contribution in [2.45, 2.75) is 17.9 Å². The van der Waals surface area contributed by atoms with Crippen molar-refractivity contribution >= 4 is 26.6 Å². The average molecular weight is 342 g/mol. The third-order valence-corrected chi connectivity index (χ3v) is 5.50. The molecule has 3 aromatic rings. The Morgan fingerprint density at radius 1 is 1.04 bits per heavy atom. The van der Waals surface area contributed by atoms with Crippen molar-refractivity contribution in [2.75, 3.05) is 10.8 Å². The molecule has 24 heavy (non-hydrogen) atoms. The fourth-order valence-corrected chi connectivity index (χ4v) is 4.35. The molecule has 0 fully saturated rings. The monoisotopic (exact) mass is 342 g/mol. The van der Waals surface area contributed by atoms with Gasteiger partial charge in [-0.2, -0.15) is 0 Å². The molecule has 0 amide bonds. The molecule has 3 rings (SSSR count). The van der Waals surface area contributed by atoms with Crippen molar-refractivity contribution in [1.82, 2.24) is 4.98 Å². The molecule has 0 radical (unpaired) electrons. The Labute approximate surface area is 141 Å². The molecule has 0 saturated carbocycles. The highest BCUT2D eigenvalue weighted by Crippen LogP contribution is 2.28. The van der Waals surface area contributed by atoms with Gasteiger partial charge in [0.15, 0.2) is 0 Å². The highest BCUT2D eigenvalue weighted by atomic mass is 32.2. The number of aliphatic hydroxyl groups excluding tert-OH is 1. The molecular formula is C18H18N2O3S. The first-order chi connectivity index (χ1) is 11.5. The van der Waals surface area contributed by atoms with Crippen LogP contribution >= 0.6 is 0 Å². The van der Waals surface area contributed by atoms with Crippen LogP contribution in [0, 0.1) is 0 Å². The molecule has 6 heteroatoms. The number of sulfonamides is 1. The highest BCUT2D eigenvalue weighted by molar-refractivity contribution is 7.93. The third kappa shape index (κ3) is 3.11. The minimum absolute atomic E-state index is 0.0248. The van der Waals surface area contributed by atoms with Gasteiger partial charge in [-0.3, -0.25) is 9.29 Å². The Hall–Kier alpha value is -2.44. The number of fused-ring (bicyclic) bond motifs is 1. The first-order valence-corrected chi connectivity index (χ1v) is 9.04. The van der Waals surface area contributed by atoms with E-state index in [9.17, 15) is 13.5 Å². The lowest BCUT2D eigenvalue weighted by Crippen LogP contribution is -2.36. The number of hydrogen-bond donors (Lipinski definition) is 1. The van der Waals surface area contributed by atoms with E-state index in [0.29, 0.717) is 16.6 Å². The van der Waals surface area contributed by atoms with Gasteiger partial charge in [-0.05, 0) is 43.3 Å². The zero-order valence-corrected chi connectivity index (χ0v) is 14.0. The molecule has 2 aromatic carbocycles. The maximum atomic E-state index is 13.3. The van der Waals surface area contributed by atoms with Crippen LogP contribution in [0.25, 0.3) is 10.9 Å². The zero-order valence-electron chi connectivity index (χ0n) is 13.2. The lowest BCUT2D eigenvalue weighted by atomic mass is 10.2. The quantitative estimate of drug-likeness (QED) is 0.774. The van der Waals surface area contributed by atoms with E-state index >= 15 is 0 Å². The van der Waals surface area contributed by atoms with E-state index in [1.165, 1.54) is 4.31 Å². The topological polar surface area (TPSA) is 70.5 Å². The molecule has 124 valence electrons. The van der Waals surface area contributed by atoms with E-state index in [2.05, 4.69) is 4.98 Å². The van der Waals surface area contributed by atoms with E-state index in [-0.39, 0.29) is 11.4 Å². The molecule has 0 saturated heterocycles. The zero-order chi connectivity index (χ0) is 17.2. The Bertz CT molecular complexity index is 935. The largest absolute Gasteiger partial charge is 0.392 e. The van der Waals surface area contributed by atoms with E-state index < -0.39 is 16.1 Å². The number of hydrogen-bond acceptors (Lipinski definition) is 4. The summed E-state index contributed by atoms with van der Waals surface area (Å²) in [6.07, 6.45) is 0.830. The van der Waals surface area contributed by atoms with Gasteiger partial charge in [0, 0.05) is 11.6 Å². The van der Waals surface area contributed by atoms with Gasteiger partial charge >= 0.3 is 0 Å². The molecule has 0 aliphatic heterocycles. The van der Waals surface area contributed by atoms with E-state index in [4.69, 9.17) is 0 Å². The number of benzene rings is 2. The van der Waals surface area contributed by atoms with E-state index in [1.807, 2.05) is 6.07 Å². The molecule has 5 nitrogen and oxygen atoms in total. The van der Waals surface area contributed by atoms with Crippen molar-refractivity contribution in [1.29, 1.82) is 0 Å². The fraction of sp³-hybridized carbons (Fsp3) is 0.167. The van der Waals surface area contributed by atoms with Gasteiger partial charge in [0.2, 0.25) is 0 Å². The van der Waals surface area contributed by atoms with Gasteiger partial charge in [0.05, 0.1) is 28.7 Å². The molecule has 0 spiro atoms. The standard InChI is InChI=1S/C18H18N2O3S/c1-14(21)13-20(15-7-3-2-4-8-15)24(22,23)18-11-5-10-17-16(18)9-6-12-19-17/h2-12,14,21H,13H2,1H3. The molecule has 1 heterocycles. The summed E-state index contributed by atoms with van der Waals surface area (Å²) in [6.45, 7) is 1.54. The number of anilines is 1. The second-order valence-corrected chi connectivity index (χ2v) is 7.38. The van der Waals surface area contributed by atoms with Crippen LogP contribution in [-0.2, 0) is 10.0 Å². The number of rotatable bonds is 5. The number of nitrogens with zero attached hydrogens (tertiary/aromatic N) is 2. The molecule has 1 N–H and O–H groups in total. The smallest absolute Gasteiger partial charge is 0.265 e. The Balaban J connectivity index is 2.18. The summed E-state index contributed by atoms with van der Waals surface area (Å²) in [5.74, 6) is 0. The molecule has 1 atom stereocenters. The molecule has 0 aliphatic carbocycles. The maximum Gasteiger partial charge on any atom is 0.265 e. The number of para-hydroxylation sites is 1. The predicted molar refractivity (Wildman–Crippen MR) is 94.4 cm³/mol. The van der Waals surface area contributed by atoms with Crippen LogP contribution in [0.4, 0.5) is 5.69 Å². The summed E-state index contributed by atoms with van der Waals surface area (Å²) in [6, 6.07) is 17.2. The second-order valence-electron chi connectivity index (χ2n) is 5.55. The van der Waals surface area contributed by atoms with Crippen LogP contribution in [0.1, 0.15) is 6.92 Å². The van der Waals surface area contributed by atoms with Gasteiger partial charge < -0.3 is 5.11 Å². The van der Waals surface area contributed by atoms with Crippen LogP contribution in [0.15, 0.2) is 71.8 Å². The van der Waals surface area contributed by atoms with Crippen molar-refractivity contribution in [3.05, 3.63) is 66.9 Å². The minimum atomic E-state index is -3.84. The summed E-state index contributed by atoms with van der Waals surface area (Å²) < 4.78 is 27.8. The van der Waals surface area contributed by atoms with Crippen LogP contribution < -0.4 is 4.31 Å². The Kier molecular flexibility index (Phi) is 4.51. The molecule has 0 aliphatic rings. The molecule has 1 aromatic heterocycles. The van der Waals surface area contributed by atoms with Crippen molar-refractivity contribution in [2.24, 2.45) is 0 Å². The van der Waals surface area contributed by atoms with Gasteiger partial charge in [-0.15, -0.1) is 0 Å². The van der Waals surface area contributed by atoms with E-state index in [1.54, 1.807) is 67.7 Å². The van der Waals surface area contributed by atoms with Gasteiger partial charge in [0.25, 0.3) is 10.0 Å². The first kappa shape index (κ1) is 16.4. The molecule has 1 unspecified atom stereocenters. The Morgan fingerprint density at radius 2 is 1.79 bits per heavy atom. The lowest BCUT2D eigenvalue weighted by Gasteiger charge is -2.26. The fourth-order valence-electron chi connectivity index (χ4n) is 2.60. The summed E-state index contributed by atoms with van der Waals surface area (Å²) >= 11 is 0. The number of pyridine rings is 1. The van der Waals surface area contributed by atoms with Crippen LogP contribution in [-0.4, -0.2) is 31.2 Å².